The zero-order valence-electron chi connectivity index (χ0n) is 8.24. The molecule has 2 unspecified atom stereocenters. The molecule has 1 nitrogen and oxygen atoms in total. The van der Waals surface area contributed by atoms with Crippen LogP contribution in [0.3, 0.4) is 0 Å². The Morgan fingerprint density at radius 2 is 1.92 bits per heavy atom. The van der Waals surface area contributed by atoms with E-state index < -0.39 is 0 Å². The number of hydrogen-bond acceptors (Lipinski definition) is 2. The molecular formula is C11H20OS. The highest BCUT2D eigenvalue weighted by Gasteiger charge is 2.34. The molecule has 1 saturated heterocycles. The highest BCUT2D eigenvalue weighted by Crippen LogP contribution is 2.44. The second kappa shape index (κ2) is 4.70. The van der Waals surface area contributed by atoms with E-state index in [0.29, 0.717) is 6.61 Å². The van der Waals surface area contributed by atoms with E-state index >= 15 is 0 Å². The Morgan fingerprint density at radius 1 is 1.23 bits per heavy atom. The molecule has 2 heteroatoms. The first kappa shape index (κ1) is 9.85. The van der Waals surface area contributed by atoms with Gasteiger partial charge in [0.05, 0.1) is 0 Å². The van der Waals surface area contributed by atoms with Crippen LogP contribution in [0.25, 0.3) is 0 Å². The van der Waals surface area contributed by atoms with Crippen molar-refractivity contribution in [2.24, 2.45) is 11.8 Å². The van der Waals surface area contributed by atoms with Crippen molar-refractivity contribution in [1.29, 1.82) is 0 Å². The first-order valence-electron chi connectivity index (χ1n) is 5.64. The van der Waals surface area contributed by atoms with Crippen LogP contribution in [0.2, 0.25) is 0 Å². The molecule has 0 radical (unpaired) electrons. The zero-order chi connectivity index (χ0) is 9.10. The Balaban J connectivity index is 1.86. The first-order valence-corrected chi connectivity index (χ1v) is 6.69. The van der Waals surface area contributed by atoms with Crippen molar-refractivity contribution in [3.63, 3.8) is 0 Å². The number of rotatable bonds is 4. The monoisotopic (exact) mass is 200 g/mol. The van der Waals surface area contributed by atoms with E-state index in [-0.39, 0.29) is 0 Å². The number of thioether (sulfide) groups is 1. The molecule has 1 N–H and O–H groups in total. The highest BCUT2D eigenvalue weighted by atomic mass is 32.2. The smallest absolute Gasteiger partial charge is 0.0434 e. The molecule has 0 spiro atoms. The van der Waals surface area contributed by atoms with Crippen LogP contribution in [0, 0.1) is 11.8 Å². The van der Waals surface area contributed by atoms with Gasteiger partial charge in [0.15, 0.2) is 0 Å². The molecule has 0 aromatic carbocycles. The van der Waals surface area contributed by atoms with Crippen molar-refractivity contribution in [2.75, 3.05) is 12.4 Å². The molecule has 1 aliphatic heterocycles. The van der Waals surface area contributed by atoms with Gasteiger partial charge in [0.25, 0.3) is 0 Å². The number of hydrogen-bond donors (Lipinski definition) is 1. The summed E-state index contributed by atoms with van der Waals surface area (Å²) >= 11 is 2.13. The van der Waals surface area contributed by atoms with Crippen LogP contribution in [0.5, 0.6) is 0 Å². The van der Waals surface area contributed by atoms with E-state index in [9.17, 15) is 0 Å². The standard InChI is InChI=1S/C11H20OS/c12-7-5-10(11-6-8-13-11)9-3-1-2-4-9/h9-12H,1-8H2. The van der Waals surface area contributed by atoms with Crippen LogP contribution >= 0.6 is 11.8 Å². The second-order valence-electron chi connectivity index (χ2n) is 4.42. The van der Waals surface area contributed by atoms with Crippen molar-refractivity contribution in [2.45, 2.75) is 43.8 Å². The minimum absolute atomic E-state index is 0.401. The van der Waals surface area contributed by atoms with Crippen molar-refractivity contribution in [3.8, 4) is 0 Å². The fourth-order valence-corrected chi connectivity index (χ4v) is 3.96. The Labute approximate surface area is 85.3 Å². The molecule has 1 heterocycles. The summed E-state index contributed by atoms with van der Waals surface area (Å²) in [4.78, 5) is 0. The van der Waals surface area contributed by atoms with Crippen LogP contribution in [0.1, 0.15) is 38.5 Å². The molecule has 0 aromatic heterocycles. The molecule has 2 aliphatic rings. The lowest BCUT2D eigenvalue weighted by Crippen LogP contribution is -2.31. The third kappa shape index (κ3) is 2.21. The van der Waals surface area contributed by atoms with Crippen LogP contribution in [-0.4, -0.2) is 22.7 Å². The Bertz CT molecular complexity index is 150. The summed E-state index contributed by atoms with van der Waals surface area (Å²) in [6, 6.07) is 0. The molecule has 13 heavy (non-hydrogen) atoms. The first-order chi connectivity index (χ1) is 6.42. The van der Waals surface area contributed by atoms with E-state index in [1.165, 1.54) is 37.9 Å². The van der Waals surface area contributed by atoms with Gasteiger partial charge < -0.3 is 5.11 Å². The van der Waals surface area contributed by atoms with E-state index in [2.05, 4.69) is 11.8 Å². The summed E-state index contributed by atoms with van der Waals surface area (Å²) in [5.74, 6) is 3.15. The normalized spacial score (nSPS) is 31.6. The quantitative estimate of drug-likeness (QED) is 0.753. The summed E-state index contributed by atoms with van der Waals surface area (Å²) in [6.07, 6.45) is 8.20. The van der Waals surface area contributed by atoms with Gasteiger partial charge >= 0.3 is 0 Å². The predicted octanol–water partition coefficient (Wildman–Crippen LogP) is 2.68. The lowest BCUT2D eigenvalue weighted by atomic mass is 9.84. The van der Waals surface area contributed by atoms with Crippen LogP contribution < -0.4 is 0 Å². The molecule has 0 bridgehead atoms. The van der Waals surface area contributed by atoms with Gasteiger partial charge in [-0.3, -0.25) is 0 Å². The van der Waals surface area contributed by atoms with Gasteiger partial charge in [0.1, 0.15) is 0 Å². The maximum atomic E-state index is 9.06. The summed E-state index contributed by atoms with van der Waals surface area (Å²) in [6.45, 7) is 0.401. The van der Waals surface area contributed by atoms with E-state index in [4.69, 9.17) is 5.11 Å². The molecule has 2 atom stereocenters. The third-order valence-electron chi connectivity index (χ3n) is 3.68. The van der Waals surface area contributed by atoms with Crippen molar-refractivity contribution in [3.05, 3.63) is 0 Å². The van der Waals surface area contributed by atoms with Gasteiger partial charge in [-0.2, -0.15) is 11.8 Å². The lowest BCUT2D eigenvalue weighted by molar-refractivity contribution is 0.212. The largest absolute Gasteiger partial charge is 0.396 e. The van der Waals surface area contributed by atoms with Gasteiger partial charge in [0, 0.05) is 11.9 Å². The van der Waals surface area contributed by atoms with E-state index in [1.807, 2.05) is 0 Å². The summed E-state index contributed by atoms with van der Waals surface area (Å²) < 4.78 is 0. The van der Waals surface area contributed by atoms with Crippen LogP contribution in [-0.2, 0) is 0 Å². The third-order valence-corrected chi connectivity index (χ3v) is 5.16. The molecule has 2 rings (SSSR count). The van der Waals surface area contributed by atoms with Crippen LogP contribution in [0.15, 0.2) is 0 Å². The average molecular weight is 200 g/mol. The Hall–Kier alpha value is 0.310. The fourth-order valence-electron chi connectivity index (χ4n) is 2.85. The van der Waals surface area contributed by atoms with E-state index in [1.54, 1.807) is 0 Å². The van der Waals surface area contributed by atoms with Gasteiger partial charge in [-0.25, -0.2) is 0 Å². The SMILES string of the molecule is OCCC(C1CCCC1)C1CCS1. The molecule has 1 saturated carbocycles. The average Bonchev–Trinajstić information content (AvgIpc) is 2.51. The number of aliphatic hydroxyl groups excluding tert-OH is 1. The van der Waals surface area contributed by atoms with Gasteiger partial charge in [-0.15, -0.1) is 0 Å². The highest BCUT2D eigenvalue weighted by molar-refractivity contribution is 8.01. The van der Waals surface area contributed by atoms with E-state index in [0.717, 1.165) is 23.5 Å². The number of aliphatic hydroxyl groups is 1. The topological polar surface area (TPSA) is 20.2 Å². The van der Waals surface area contributed by atoms with Crippen LogP contribution in [0.4, 0.5) is 0 Å². The molecule has 0 amide bonds. The van der Waals surface area contributed by atoms with Crippen molar-refractivity contribution >= 4 is 11.8 Å². The molecule has 1 aliphatic carbocycles. The Morgan fingerprint density at radius 3 is 2.38 bits per heavy atom. The zero-order valence-corrected chi connectivity index (χ0v) is 9.06. The van der Waals surface area contributed by atoms with Crippen molar-refractivity contribution < 1.29 is 5.11 Å². The minimum Gasteiger partial charge on any atom is -0.396 e. The molecular weight excluding hydrogens is 180 g/mol. The maximum absolute atomic E-state index is 9.06. The summed E-state index contributed by atoms with van der Waals surface area (Å²) in [5, 5.41) is 9.95. The molecule has 76 valence electrons. The van der Waals surface area contributed by atoms with Crippen molar-refractivity contribution in [1.82, 2.24) is 0 Å². The maximum Gasteiger partial charge on any atom is 0.0434 e. The lowest BCUT2D eigenvalue weighted by Gasteiger charge is -2.36. The van der Waals surface area contributed by atoms with Gasteiger partial charge in [0.2, 0.25) is 0 Å². The predicted molar refractivity (Wildman–Crippen MR) is 58.0 cm³/mol. The van der Waals surface area contributed by atoms with Gasteiger partial charge in [-0.05, 0) is 30.4 Å². The fraction of sp³-hybridized carbons (Fsp3) is 1.00. The summed E-state index contributed by atoms with van der Waals surface area (Å²) in [7, 11) is 0. The molecule has 0 aromatic rings. The van der Waals surface area contributed by atoms with Gasteiger partial charge in [-0.1, -0.05) is 25.7 Å². The molecule has 2 fully saturated rings. The summed E-state index contributed by atoms with van der Waals surface area (Å²) in [5.41, 5.74) is 0. The second-order valence-corrected chi connectivity index (χ2v) is 5.77. The Kier molecular flexibility index (Phi) is 3.56. The minimum atomic E-state index is 0.401.